The zero-order chi connectivity index (χ0) is 12.1. The van der Waals surface area contributed by atoms with Gasteiger partial charge in [0.1, 0.15) is 12.1 Å². The minimum Gasteiger partial charge on any atom is -0.362 e. The van der Waals surface area contributed by atoms with Gasteiger partial charge in [0.15, 0.2) is 0 Å². The first kappa shape index (κ1) is 12.0. The van der Waals surface area contributed by atoms with Gasteiger partial charge in [0, 0.05) is 6.20 Å². The monoisotopic (exact) mass is 291 g/mol. The van der Waals surface area contributed by atoms with Crippen LogP contribution in [0.5, 0.6) is 0 Å². The maximum absolute atomic E-state index is 4.22. The number of rotatable bonds is 4. The van der Waals surface area contributed by atoms with Crippen molar-refractivity contribution in [2.75, 3.05) is 5.32 Å². The van der Waals surface area contributed by atoms with E-state index in [-0.39, 0.29) is 6.04 Å². The van der Waals surface area contributed by atoms with Crippen LogP contribution in [0.15, 0.2) is 47.3 Å². The molecule has 0 bridgehead atoms. The molecule has 0 saturated carbocycles. The molecular weight excluding hydrogens is 278 g/mol. The fraction of sp³-hybridized carbons (Fsp3) is 0.231. The number of benzene rings is 1. The third-order valence-corrected chi connectivity index (χ3v) is 3.17. The first-order valence-corrected chi connectivity index (χ1v) is 6.37. The number of aromatic nitrogens is 2. The lowest BCUT2D eigenvalue weighted by molar-refractivity contribution is 0.743. The molecule has 1 aromatic heterocycles. The lowest BCUT2D eigenvalue weighted by atomic mass is 10.0. The third-order valence-electron chi connectivity index (χ3n) is 2.59. The number of hydrogen-bond acceptors (Lipinski definition) is 3. The van der Waals surface area contributed by atoms with Crippen LogP contribution in [0.1, 0.15) is 24.9 Å². The Morgan fingerprint density at radius 2 is 2.06 bits per heavy atom. The maximum Gasteiger partial charge on any atom is 0.144 e. The Hall–Kier alpha value is -1.42. The summed E-state index contributed by atoms with van der Waals surface area (Å²) >= 11 is 3.44. The smallest absolute Gasteiger partial charge is 0.144 e. The molecule has 0 saturated heterocycles. The second kappa shape index (κ2) is 5.77. The van der Waals surface area contributed by atoms with Crippen molar-refractivity contribution in [2.45, 2.75) is 19.4 Å². The quantitative estimate of drug-likeness (QED) is 0.931. The van der Waals surface area contributed by atoms with E-state index in [9.17, 15) is 0 Å². The predicted octanol–water partition coefficient (Wildman–Crippen LogP) is 3.80. The summed E-state index contributed by atoms with van der Waals surface area (Å²) in [6, 6.07) is 10.6. The molecule has 0 spiro atoms. The van der Waals surface area contributed by atoms with E-state index in [0.29, 0.717) is 0 Å². The SMILES string of the molecule is CCC(Nc1ncncc1Br)c1ccccc1. The Labute approximate surface area is 109 Å². The summed E-state index contributed by atoms with van der Waals surface area (Å²) in [5.74, 6) is 0.829. The van der Waals surface area contributed by atoms with Gasteiger partial charge >= 0.3 is 0 Å². The molecule has 1 N–H and O–H groups in total. The second-order valence-electron chi connectivity index (χ2n) is 3.74. The molecule has 0 amide bonds. The van der Waals surface area contributed by atoms with E-state index in [1.54, 1.807) is 12.5 Å². The van der Waals surface area contributed by atoms with Crippen molar-refractivity contribution in [1.29, 1.82) is 0 Å². The van der Waals surface area contributed by atoms with Gasteiger partial charge in [-0.1, -0.05) is 37.3 Å². The fourth-order valence-corrected chi connectivity index (χ4v) is 2.03. The zero-order valence-corrected chi connectivity index (χ0v) is 11.2. The molecule has 0 fully saturated rings. The van der Waals surface area contributed by atoms with Crippen LogP contribution >= 0.6 is 15.9 Å². The van der Waals surface area contributed by atoms with Crippen LogP contribution in [0, 0.1) is 0 Å². The summed E-state index contributed by atoms with van der Waals surface area (Å²) in [5, 5.41) is 3.42. The number of anilines is 1. The Balaban J connectivity index is 2.19. The van der Waals surface area contributed by atoms with Crippen molar-refractivity contribution >= 4 is 21.7 Å². The van der Waals surface area contributed by atoms with Crippen LogP contribution in [0.4, 0.5) is 5.82 Å². The largest absolute Gasteiger partial charge is 0.362 e. The van der Waals surface area contributed by atoms with E-state index in [4.69, 9.17) is 0 Å². The van der Waals surface area contributed by atoms with Crippen molar-refractivity contribution in [3.05, 3.63) is 52.9 Å². The molecule has 1 unspecified atom stereocenters. The van der Waals surface area contributed by atoms with E-state index in [0.717, 1.165) is 16.7 Å². The highest BCUT2D eigenvalue weighted by Gasteiger charge is 2.10. The van der Waals surface area contributed by atoms with Gasteiger partial charge in [-0.2, -0.15) is 0 Å². The molecular formula is C13H14BrN3. The van der Waals surface area contributed by atoms with E-state index in [1.165, 1.54) is 5.56 Å². The van der Waals surface area contributed by atoms with E-state index < -0.39 is 0 Å². The van der Waals surface area contributed by atoms with Crippen LogP contribution in [0.2, 0.25) is 0 Å². The van der Waals surface area contributed by atoms with Gasteiger partial charge in [-0.25, -0.2) is 9.97 Å². The molecule has 2 aromatic rings. The number of nitrogens with one attached hydrogen (secondary N) is 1. The molecule has 17 heavy (non-hydrogen) atoms. The summed E-state index contributed by atoms with van der Waals surface area (Å²) in [6.07, 6.45) is 4.29. The minimum atomic E-state index is 0.266. The average molecular weight is 292 g/mol. The van der Waals surface area contributed by atoms with Gasteiger partial charge in [-0.3, -0.25) is 0 Å². The second-order valence-corrected chi connectivity index (χ2v) is 4.59. The lowest BCUT2D eigenvalue weighted by Crippen LogP contribution is -2.11. The van der Waals surface area contributed by atoms with Crippen LogP contribution in [0.3, 0.4) is 0 Å². The maximum atomic E-state index is 4.22. The highest BCUT2D eigenvalue weighted by molar-refractivity contribution is 9.10. The van der Waals surface area contributed by atoms with Gasteiger partial charge in [0.25, 0.3) is 0 Å². The predicted molar refractivity (Wildman–Crippen MR) is 72.8 cm³/mol. The van der Waals surface area contributed by atoms with Crippen molar-refractivity contribution in [1.82, 2.24) is 9.97 Å². The molecule has 0 radical (unpaired) electrons. The van der Waals surface area contributed by atoms with Crippen molar-refractivity contribution in [2.24, 2.45) is 0 Å². The normalized spacial score (nSPS) is 12.1. The van der Waals surface area contributed by atoms with Crippen molar-refractivity contribution in [3.8, 4) is 0 Å². The Morgan fingerprint density at radius 3 is 2.71 bits per heavy atom. The Morgan fingerprint density at radius 1 is 1.29 bits per heavy atom. The number of hydrogen-bond donors (Lipinski definition) is 1. The third kappa shape index (κ3) is 3.03. The van der Waals surface area contributed by atoms with E-state index in [2.05, 4.69) is 62.4 Å². The average Bonchev–Trinajstić information content (AvgIpc) is 2.39. The van der Waals surface area contributed by atoms with Gasteiger partial charge < -0.3 is 5.32 Å². The van der Waals surface area contributed by atoms with E-state index >= 15 is 0 Å². The Bertz CT molecular complexity index is 473. The molecule has 88 valence electrons. The van der Waals surface area contributed by atoms with Crippen LogP contribution < -0.4 is 5.32 Å². The number of nitrogens with zero attached hydrogens (tertiary/aromatic N) is 2. The molecule has 0 aliphatic rings. The van der Waals surface area contributed by atoms with Crippen LogP contribution in [-0.4, -0.2) is 9.97 Å². The van der Waals surface area contributed by atoms with E-state index in [1.807, 2.05) is 6.07 Å². The molecule has 4 heteroatoms. The molecule has 3 nitrogen and oxygen atoms in total. The molecule has 0 aliphatic heterocycles. The van der Waals surface area contributed by atoms with Gasteiger partial charge in [0.05, 0.1) is 10.5 Å². The van der Waals surface area contributed by atoms with Crippen LogP contribution in [-0.2, 0) is 0 Å². The van der Waals surface area contributed by atoms with Crippen molar-refractivity contribution < 1.29 is 0 Å². The fourth-order valence-electron chi connectivity index (χ4n) is 1.69. The standard InChI is InChI=1S/C13H14BrN3/c1-2-12(10-6-4-3-5-7-10)17-13-11(14)8-15-9-16-13/h3-9,12H,2H2,1H3,(H,15,16,17). The summed E-state index contributed by atoms with van der Waals surface area (Å²) in [7, 11) is 0. The molecule has 1 aromatic carbocycles. The van der Waals surface area contributed by atoms with Gasteiger partial charge in [-0.05, 0) is 27.9 Å². The molecule has 1 atom stereocenters. The lowest BCUT2D eigenvalue weighted by Gasteiger charge is -2.18. The van der Waals surface area contributed by atoms with Crippen molar-refractivity contribution in [3.63, 3.8) is 0 Å². The van der Waals surface area contributed by atoms with Crippen LogP contribution in [0.25, 0.3) is 0 Å². The Kier molecular flexibility index (Phi) is 4.09. The summed E-state index contributed by atoms with van der Waals surface area (Å²) in [4.78, 5) is 8.18. The first-order valence-electron chi connectivity index (χ1n) is 5.58. The zero-order valence-electron chi connectivity index (χ0n) is 9.60. The molecule has 0 aliphatic carbocycles. The summed E-state index contributed by atoms with van der Waals surface area (Å²) < 4.78 is 0.884. The minimum absolute atomic E-state index is 0.266. The summed E-state index contributed by atoms with van der Waals surface area (Å²) in [5.41, 5.74) is 1.26. The molecule has 1 heterocycles. The molecule has 2 rings (SSSR count). The highest BCUT2D eigenvalue weighted by Crippen LogP contribution is 2.25. The number of halogens is 1. The first-order chi connectivity index (χ1) is 8.31. The van der Waals surface area contributed by atoms with Gasteiger partial charge in [-0.15, -0.1) is 0 Å². The summed E-state index contributed by atoms with van der Waals surface area (Å²) in [6.45, 7) is 2.15. The highest BCUT2D eigenvalue weighted by atomic mass is 79.9. The van der Waals surface area contributed by atoms with Gasteiger partial charge in [0.2, 0.25) is 0 Å². The topological polar surface area (TPSA) is 37.8 Å².